The summed E-state index contributed by atoms with van der Waals surface area (Å²) in [4.78, 5) is 18.9. The Labute approximate surface area is 179 Å². The van der Waals surface area contributed by atoms with Crippen molar-refractivity contribution in [2.45, 2.75) is 59.3 Å². The number of amides is 1. The molecule has 0 N–H and O–H groups in total. The number of allylic oxidation sites excluding steroid dienone is 4. The van der Waals surface area contributed by atoms with Crippen LogP contribution in [-0.4, -0.2) is 22.3 Å². The molecule has 0 bridgehead atoms. The standard InChI is InChI=1S/C25H31ClN2O/c1-4-28-22-8-5-18-20-7-6-19(16-13-17(26)15-27-14-16)24(20,2)11-9-21(18)25(22,3)12-10-23(28)29/h6,8,13-15,18,20-21H,4-5,7,9-12H2,1-3H3/t18-,20+,21-,24?,25?/m0/s1. The molecule has 3 aliphatic carbocycles. The van der Waals surface area contributed by atoms with E-state index in [1.54, 1.807) is 6.20 Å². The first-order valence-electron chi connectivity index (χ1n) is 11.2. The molecule has 4 heteroatoms. The number of aromatic nitrogens is 1. The highest BCUT2D eigenvalue weighted by Crippen LogP contribution is 2.66. The van der Waals surface area contributed by atoms with Gasteiger partial charge in [0.05, 0.1) is 5.02 Å². The number of carbonyl (C=O) groups excluding carboxylic acids is 1. The van der Waals surface area contributed by atoms with Crippen LogP contribution >= 0.6 is 11.6 Å². The van der Waals surface area contributed by atoms with Crippen molar-refractivity contribution in [1.82, 2.24) is 9.88 Å². The fourth-order valence-corrected chi connectivity index (χ4v) is 7.54. The van der Waals surface area contributed by atoms with Crippen LogP contribution in [-0.2, 0) is 4.79 Å². The number of pyridine rings is 1. The maximum Gasteiger partial charge on any atom is 0.226 e. The summed E-state index contributed by atoms with van der Waals surface area (Å²) in [6.45, 7) is 7.82. The summed E-state index contributed by atoms with van der Waals surface area (Å²) in [5.41, 5.74) is 4.31. The van der Waals surface area contributed by atoms with Crippen molar-refractivity contribution in [3.63, 3.8) is 0 Å². The zero-order valence-electron chi connectivity index (χ0n) is 17.7. The minimum absolute atomic E-state index is 0.147. The van der Waals surface area contributed by atoms with Crippen LogP contribution < -0.4 is 0 Å². The molecule has 2 unspecified atom stereocenters. The number of halogens is 1. The molecule has 0 spiro atoms. The summed E-state index contributed by atoms with van der Waals surface area (Å²) in [6.07, 6.45) is 15.0. The minimum Gasteiger partial charge on any atom is -0.316 e. The van der Waals surface area contributed by atoms with E-state index in [0.29, 0.717) is 35.1 Å². The Bertz CT molecular complexity index is 921. The smallest absolute Gasteiger partial charge is 0.226 e. The Morgan fingerprint density at radius 2 is 1.97 bits per heavy atom. The Balaban J connectivity index is 1.49. The van der Waals surface area contributed by atoms with E-state index in [0.717, 1.165) is 25.8 Å². The zero-order chi connectivity index (χ0) is 20.4. The largest absolute Gasteiger partial charge is 0.316 e. The van der Waals surface area contributed by atoms with Crippen LogP contribution in [0.5, 0.6) is 0 Å². The van der Waals surface area contributed by atoms with Crippen LogP contribution in [0, 0.1) is 28.6 Å². The Morgan fingerprint density at radius 1 is 1.14 bits per heavy atom. The van der Waals surface area contributed by atoms with Gasteiger partial charge in [-0.3, -0.25) is 9.78 Å². The second-order valence-electron chi connectivity index (χ2n) is 9.96. The van der Waals surface area contributed by atoms with E-state index in [2.05, 4.69) is 48.9 Å². The van der Waals surface area contributed by atoms with Crippen molar-refractivity contribution in [2.75, 3.05) is 6.54 Å². The molecule has 5 rings (SSSR count). The van der Waals surface area contributed by atoms with E-state index in [1.165, 1.54) is 29.7 Å². The van der Waals surface area contributed by atoms with Gasteiger partial charge in [-0.1, -0.05) is 37.6 Å². The molecule has 154 valence electrons. The van der Waals surface area contributed by atoms with Crippen molar-refractivity contribution in [1.29, 1.82) is 0 Å². The predicted octanol–water partition coefficient (Wildman–Crippen LogP) is 6.11. The first kappa shape index (κ1) is 19.4. The van der Waals surface area contributed by atoms with Crippen LogP contribution in [0.3, 0.4) is 0 Å². The Morgan fingerprint density at radius 3 is 2.72 bits per heavy atom. The molecular weight excluding hydrogens is 380 g/mol. The molecule has 29 heavy (non-hydrogen) atoms. The van der Waals surface area contributed by atoms with Gasteiger partial charge in [0, 0.05) is 36.5 Å². The summed E-state index contributed by atoms with van der Waals surface area (Å²) >= 11 is 6.26. The van der Waals surface area contributed by atoms with Gasteiger partial charge >= 0.3 is 0 Å². The van der Waals surface area contributed by atoms with E-state index < -0.39 is 0 Å². The van der Waals surface area contributed by atoms with Crippen molar-refractivity contribution in [2.24, 2.45) is 28.6 Å². The number of hydrogen-bond donors (Lipinski definition) is 0. The van der Waals surface area contributed by atoms with Gasteiger partial charge in [0.1, 0.15) is 0 Å². The molecule has 1 saturated carbocycles. The van der Waals surface area contributed by atoms with Gasteiger partial charge in [-0.15, -0.1) is 0 Å². The molecule has 1 aromatic heterocycles. The molecule has 0 aromatic carbocycles. The van der Waals surface area contributed by atoms with Crippen molar-refractivity contribution >= 4 is 23.1 Å². The average Bonchev–Trinajstić information content (AvgIpc) is 3.06. The fraction of sp³-hybridized carbons (Fsp3) is 0.600. The summed E-state index contributed by atoms with van der Waals surface area (Å²) < 4.78 is 0. The lowest BCUT2D eigenvalue weighted by molar-refractivity contribution is -0.136. The molecule has 1 aromatic rings. The molecule has 1 amide bonds. The third-order valence-corrected chi connectivity index (χ3v) is 8.99. The molecule has 5 atom stereocenters. The van der Waals surface area contributed by atoms with Gasteiger partial charge in [-0.25, -0.2) is 0 Å². The van der Waals surface area contributed by atoms with Crippen molar-refractivity contribution < 1.29 is 4.79 Å². The Hall–Kier alpha value is -1.61. The zero-order valence-corrected chi connectivity index (χ0v) is 18.5. The van der Waals surface area contributed by atoms with Gasteiger partial charge in [0.25, 0.3) is 0 Å². The lowest BCUT2D eigenvalue weighted by Gasteiger charge is -2.58. The number of fused-ring (bicyclic) bond motifs is 5. The number of hydrogen-bond acceptors (Lipinski definition) is 2. The van der Waals surface area contributed by atoms with Crippen molar-refractivity contribution in [3.05, 3.63) is 46.9 Å². The Kier molecular flexibility index (Phi) is 4.47. The molecule has 4 aliphatic rings. The first-order chi connectivity index (χ1) is 13.9. The highest BCUT2D eigenvalue weighted by Gasteiger charge is 2.57. The third-order valence-electron chi connectivity index (χ3n) is 8.79. The molecular formula is C25H31ClN2O. The normalized spacial score (nSPS) is 38.7. The number of piperidine rings is 1. The van der Waals surface area contributed by atoms with Crippen LogP contribution in [0.4, 0.5) is 0 Å². The van der Waals surface area contributed by atoms with Crippen LogP contribution in [0.1, 0.15) is 64.9 Å². The number of carbonyl (C=O) groups is 1. The second kappa shape index (κ2) is 6.70. The second-order valence-corrected chi connectivity index (χ2v) is 10.4. The topological polar surface area (TPSA) is 33.2 Å². The van der Waals surface area contributed by atoms with Crippen molar-refractivity contribution in [3.8, 4) is 0 Å². The molecule has 2 fully saturated rings. The lowest BCUT2D eigenvalue weighted by Crippen LogP contribution is -2.53. The summed E-state index contributed by atoms with van der Waals surface area (Å²) in [5.74, 6) is 2.34. The SMILES string of the molecule is CCN1C(=O)CCC2(C)C1=CC[C@H]1[C@H]3CC=C(c4cncc(Cl)c4)C3(C)CC[C@@H]12. The summed E-state index contributed by atoms with van der Waals surface area (Å²) in [6, 6.07) is 2.08. The van der Waals surface area contributed by atoms with Crippen LogP contribution in [0.2, 0.25) is 5.02 Å². The molecule has 1 saturated heterocycles. The molecule has 3 nitrogen and oxygen atoms in total. The lowest BCUT2D eigenvalue weighted by atomic mass is 9.49. The molecule has 1 aliphatic heterocycles. The molecule has 2 heterocycles. The van der Waals surface area contributed by atoms with Gasteiger partial charge in [0.15, 0.2) is 0 Å². The van der Waals surface area contributed by atoms with E-state index in [1.807, 2.05) is 6.20 Å². The quantitative estimate of drug-likeness (QED) is 0.589. The maximum atomic E-state index is 12.5. The van der Waals surface area contributed by atoms with Gasteiger partial charge in [0.2, 0.25) is 5.91 Å². The number of rotatable bonds is 2. The average molecular weight is 411 g/mol. The highest BCUT2D eigenvalue weighted by molar-refractivity contribution is 6.30. The van der Waals surface area contributed by atoms with Gasteiger partial charge < -0.3 is 4.90 Å². The highest BCUT2D eigenvalue weighted by atomic mass is 35.5. The van der Waals surface area contributed by atoms with Gasteiger partial charge in [-0.05, 0) is 79.4 Å². The summed E-state index contributed by atoms with van der Waals surface area (Å²) in [5, 5.41) is 0.716. The number of likely N-dealkylation sites (tertiary alicyclic amines) is 1. The monoisotopic (exact) mass is 410 g/mol. The van der Waals surface area contributed by atoms with E-state index in [9.17, 15) is 4.79 Å². The third kappa shape index (κ3) is 2.69. The van der Waals surface area contributed by atoms with Gasteiger partial charge in [-0.2, -0.15) is 0 Å². The van der Waals surface area contributed by atoms with E-state index in [4.69, 9.17) is 11.6 Å². The first-order valence-corrected chi connectivity index (χ1v) is 11.6. The predicted molar refractivity (Wildman–Crippen MR) is 117 cm³/mol. The van der Waals surface area contributed by atoms with E-state index in [-0.39, 0.29) is 10.8 Å². The maximum absolute atomic E-state index is 12.5. The fourth-order valence-electron chi connectivity index (χ4n) is 7.37. The molecule has 0 radical (unpaired) electrons. The van der Waals surface area contributed by atoms with E-state index >= 15 is 0 Å². The minimum atomic E-state index is 0.147. The van der Waals surface area contributed by atoms with Crippen LogP contribution in [0.25, 0.3) is 5.57 Å². The van der Waals surface area contributed by atoms with Crippen LogP contribution in [0.15, 0.2) is 36.3 Å². The number of nitrogens with zero attached hydrogens (tertiary/aromatic N) is 2. The summed E-state index contributed by atoms with van der Waals surface area (Å²) in [7, 11) is 0.